The van der Waals surface area contributed by atoms with E-state index in [0.717, 1.165) is 44.6 Å². The van der Waals surface area contributed by atoms with Crippen LogP contribution in [0.2, 0.25) is 5.02 Å². The maximum absolute atomic E-state index is 12.4. The summed E-state index contributed by atoms with van der Waals surface area (Å²) in [6.07, 6.45) is 3.08. The molecular weight excluding hydrogens is 363 g/mol. The Morgan fingerprint density at radius 2 is 2.00 bits per heavy atom. The SMILES string of the molecule is COCCN1CCC(CC(=O)Cc2cc(Cl)c(N)cc2OC)CC1.Cl. The number of methoxy groups -OCH3 is 2. The second-order valence-corrected chi connectivity index (χ2v) is 6.79. The third-order valence-corrected chi connectivity index (χ3v) is 4.95. The number of nitrogen functional groups attached to an aromatic ring is 1. The third kappa shape index (κ3) is 6.66. The van der Waals surface area contributed by atoms with Gasteiger partial charge >= 0.3 is 0 Å². The quantitative estimate of drug-likeness (QED) is 0.690. The molecule has 0 bridgehead atoms. The normalized spacial score (nSPS) is 15.6. The van der Waals surface area contributed by atoms with Crippen LogP contribution in [0.1, 0.15) is 24.8 Å². The number of anilines is 1. The van der Waals surface area contributed by atoms with E-state index in [1.807, 2.05) is 0 Å². The van der Waals surface area contributed by atoms with Crippen LogP contribution in [0.4, 0.5) is 5.69 Å². The van der Waals surface area contributed by atoms with Crippen molar-refractivity contribution in [2.45, 2.75) is 25.7 Å². The standard InChI is InChI=1S/C18H27ClN2O3.ClH/c1-23-8-7-21-5-3-13(4-6-21)9-15(22)10-14-11-16(19)17(20)12-18(14)24-2;/h11-13H,3-10,20H2,1-2H3;1H. The zero-order chi connectivity index (χ0) is 17.5. The molecule has 7 heteroatoms. The molecule has 0 radical (unpaired) electrons. The molecule has 25 heavy (non-hydrogen) atoms. The molecule has 2 N–H and O–H groups in total. The van der Waals surface area contributed by atoms with Gasteiger partial charge in [-0.1, -0.05) is 11.6 Å². The maximum atomic E-state index is 12.4. The minimum Gasteiger partial charge on any atom is -0.496 e. The van der Waals surface area contributed by atoms with E-state index in [2.05, 4.69) is 4.90 Å². The smallest absolute Gasteiger partial charge is 0.137 e. The number of likely N-dealkylation sites (tertiary alicyclic amines) is 1. The number of halogens is 2. The van der Waals surface area contributed by atoms with Crippen LogP contribution in [-0.4, -0.2) is 51.1 Å². The molecule has 5 nitrogen and oxygen atoms in total. The molecule has 1 aromatic carbocycles. The predicted octanol–water partition coefficient (Wildman–Crippen LogP) is 3.21. The Labute approximate surface area is 161 Å². The number of Topliss-reactive ketones (excluding diaryl/α,β-unsaturated/α-hetero) is 1. The number of benzene rings is 1. The number of nitrogens with two attached hydrogens (primary N) is 1. The van der Waals surface area contributed by atoms with Crippen molar-refractivity contribution in [3.8, 4) is 5.75 Å². The monoisotopic (exact) mass is 390 g/mol. The summed E-state index contributed by atoms with van der Waals surface area (Å²) in [5.41, 5.74) is 7.05. The first kappa shape index (κ1) is 22.0. The number of piperidine rings is 1. The molecule has 0 saturated carbocycles. The summed E-state index contributed by atoms with van der Waals surface area (Å²) < 4.78 is 10.4. The van der Waals surface area contributed by atoms with Gasteiger partial charge in [0, 0.05) is 38.1 Å². The van der Waals surface area contributed by atoms with Crippen LogP contribution >= 0.6 is 24.0 Å². The first-order valence-corrected chi connectivity index (χ1v) is 8.76. The van der Waals surface area contributed by atoms with Crippen LogP contribution in [0.5, 0.6) is 5.75 Å². The molecule has 1 saturated heterocycles. The van der Waals surface area contributed by atoms with E-state index in [9.17, 15) is 4.79 Å². The van der Waals surface area contributed by atoms with Crippen molar-refractivity contribution in [1.29, 1.82) is 0 Å². The largest absolute Gasteiger partial charge is 0.496 e. The second-order valence-electron chi connectivity index (χ2n) is 6.38. The number of nitrogens with zero attached hydrogens (tertiary/aromatic N) is 1. The Balaban J connectivity index is 0.00000312. The van der Waals surface area contributed by atoms with Crippen LogP contribution in [0.25, 0.3) is 0 Å². The fourth-order valence-electron chi connectivity index (χ4n) is 3.18. The van der Waals surface area contributed by atoms with Gasteiger partial charge in [0.15, 0.2) is 0 Å². The molecule has 1 aliphatic heterocycles. The lowest BCUT2D eigenvalue weighted by molar-refractivity contribution is -0.119. The van der Waals surface area contributed by atoms with Crippen molar-refractivity contribution < 1.29 is 14.3 Å². The van der Waals surface area contributed by atoms with Crippen molar-refractivity contribution in [1.82, 2.24) is 4.90 Å². The minimum atomic E-state index is 0. The molecule has 0 amide bonds. The molecule has 1 aromatic rings. The number of carbonyl (C=O) groups excluding carboxylic acids is 1. The van der Waals surface area contributed by atoms with Gasteiger partial charge in [-0.15, -0.1) is 12.4 Å². The summed E-state index contributed by atoms with van der Waals surface area (Å²) in [7, 11) is 3.30. The second kappa shape index (κ2) is 10.9. The highest BCUT2D eigenvalue weighted by Gasteiger charge is 2.22. The molecule has 0 spiro atoms. The van der Waals surface area contributed by atoms with Crippen molar-refractivity contribution in [3.05, 3.63) is 22.7 Å². The van der Waals surface area contributed by atoms with Gasteiger partial charge < -0.3 is 20.1 Å². The molecule has 2 rings (SSSR count). The van der Waals surface area contributed by atoms with E-state index < -0.39 is 0 Å². The average molecular weight is 391 g/mol. The van der Waals surface area contributed by atoms with E-state index in [1.54, 1.807) is 26.4 Å². The van der Waals surface area contributed by atoms with Crippen LogP contribution in [0.3, 0.4) is 0 Å². The van der Waals surface area contributed by atoms with E-state index in [1.165, 1.54) is 0 Å². The zero-order valence-corrected chi connectivity index (χ0v) is 16.5. The Hall–Kier alpha value is -1.01. The summed E-state index contributed by atoms with van der Waals surface area (Å²) in [5, 5.41) is 0.463. The summed E-state index contributed by atoms with van der Waals surface area (Å²) >= 11 is 6.07. The Morgan fingerprint density at radius 1 is 1.32 bits per heavy atom. The van der Waals surface area contributed by atoms with Gasteiger partial charge in [0.2, 0.25) is 0 Å². The third-order valence-electron chi connectivity index (χ3n) is 4.62. The Kier molecular flexibility index (Phi) is 9.57. The van der Waals surface area contributed by atoms with Gasteiger partial charge in [0.1, 0.15) is 11.5 Å². The predicted molar refractivity (Wildman–Crippen MR) is 104 cm³/mol. The van der Waals surface area contributed by atoms with Gasteiger partial charge in [-0.3, -0.25) is 4.79 Å². The number of hydrogen-bond acceptors (Lipinski definition) is 5. The summed E-state index contributed by atoms with van der Waals surface area (Å²) in [5.74, 6) is 1.32. The number of rotatable bonds is 8. The molecule has 142 valence electrons. The van der Waals surface area contributed by atoms with Gasteiger partial charge in [0.05, 0.1) is 24.4 Å². The summed E-state index contributed by atoms with van der Waals surface area (Å²) in [4.78, 5) is 14.8. The van der Waals surface area contributed by atoms with Gasteiger partial charge in [0.25, 0.3) is 0 Å². The van der Waals surface area contributed by atoms with Crippen LogP contribution in [0, 0.1) is 5.92 Å². The van der Waals surface area contributed by atoms with Gasteiger partial charge in [-0.25, -0.2) is 0 Å². The first-order chi connectivity index (χ1) is 11.5. The Morgan fingerprint density at radius 3 is 2.60 bits per heavy atom. The minimum absolute atomic E-state index is 0. The van der Waals surface area contributed by atoms with Crippen LogP contribution < -0.4 is 10.5 Å². The molecule has 0 aliphatic carbocycles. The number of carbonyl (C=O) groups is 1. The zero-order valence-electron chi connectivity index (χ0n) is 14.9. The number of ketones is 1. The number of hydrogen-bond donors (Lipinski definition) is 1. The first-order valence-electron chi connectivity index (χ1n) is 8.38. The lowest BCUT2D eigenvalue weighted by Crippen LogP contribution is -2.36. The summed E-state index contributed by atoms with van der Waals surface area (Å²) in [6, 6.07) is 3.42. The molecular formula is C18H28Cl2N2O3. The highest BCUT2D eigenvalue weighted by Crippen LogP contribution is 2.30. The number of ether oxygens (including phenoxy) is 2. The van der Waals surface area contributed by atoms with Gasteiger partial charge in [-0.05, 0) is 37.9 Å². The fraction of sp³-hybridized carbons (Fsp3) is 0.611. The van der Waals surface area contributed by atoms with E-state index in [-0.39, 0.29) is 18.2 Å². The molecule has 0 aromatic heterocycles. The van der Waals surface area contributed by atoms with Crippen molar-refractivity contribution >= 4 is 35.5 Å². The van der Waals surface area contributed by atoms with E-state index >= 15 is 0 Å². The molecule has 0 unspecified atom stereocenters. The molecule has 1 fully saturated rings. The Bertz CT molecular complexity index is 561. The fourth-order valence-corrected chi connectivity index (χ4v) is 3.37. The lowest BCUT2D eigenvalue weighted by atomic mass is 9.90. The lowest BCUT2D eigenvalue weighted by Gasteiger charge is -2.31. The molecule has 1 aliphatic rings. The van der Waals surface area contributed by atoms with Crippen LogP contribution in [-0.2, 0) is 16.0 Å². The van der Waals surface area contributed by atoms with Crippen molar-refractivity contribution in [2.75, 3.05) is 46.2 Å². The molecule has 0 atom stereocenters. The van der Waals surface area contributed by atoms with E-state index in [0.29, 0.717) is 35.2 Å². The van der Waals surface area contributed by atoms with Crippen LogP contribution in [0.15, 0.2) is 12.1 Å². The van der Waals surface area contributed by atoms with Crippen molar-refractivity contribution in [2.24, 2.45) is 5.92 Å². The maximum Gasteiger partial charge on any atom is 0.137 e. The highest BCUT2D eigenvalue weighted by atomic mass is 35.5. The van der Waals surface area contributed by atoms with Crippen molar-refractivity contribution in [3.63, 3.8) is 0 Å². The topological polar surface area (TPSA) is 64.8 Å². The molecule has 1 heterocycles. The highest BCUT2D eigenvalue weighted by molar-refractivity contribution is 6.33. The summed E-state index contributed by atoms with van der Waals surface area (Å²) in [6.45, 7) is 3.82. The average Bonchev–Trinajstić information content (AvgIpc) is 2.57. The van der Waals surface area contributed by atoms with Gasteiger partial charge in [-0.2, -0.15) is 0 Å². The van der Waals surface area contributed by atoms with E-state index in [4.69, 9.17) is 26.8 Å².